The van der Waals surface area contributed by atoms with Crippen molar-refractivity contribution in [2.24, 2.45) is 0 Å². The van der Waals surface area contributed by atoms with Gasteiger partial charge in [0.2, 0.25) is 0 Å². The number of nitrogen functional groups attached to an aromatic ring is 2. The molecule has 3 nitrogen and oxygen atoms in total. The van der Waals surface area contributed by atoms with Crippen LogP contribution in [0.15, 0.2) is 146 Å². The van der Waals surface area contributed by atoms with Crippen molar-refractivity contribution in [3.05, 3.63) is 146 Å². The standard InChI is InChI=1S/C16H13N.C10H9N.C6H7N.4C2H6.CH4/c1-2-9-14(10-3-1)17-16-12-6-8-13-7-4-5-11-15(13)16;11-10-7-3-5-8-4-1-2-6-9(8)10;7-6-4-2-1-3-5-6;4*1-2;/h1-12,17H;1-7H,11H2;1-5H,7H2;4*1-2H3;1H4/p+1. The molecule has 0 fully saturated rings. The molecule has 0 aliphatic carbocycles. The van der Waals surface area contributed by atoms with Crippen molar-refractivity contribution in [3.8, 4) is 0 Å². The van der Waals surface area contributed by atoms with E-state index in [2.05, 4.69) is 72.0 Å². The normalized spacial score (nSPS) is 8.45. The van der Waals surface area contributed by atoms with Gasteiger partial charge in [-0.2, -0.15) is 0 Å². The monoisotopic (exact) mass is 592 g/mol. The molecule has 0 aliphatic rings. The van der Waals surface area contributed by atoms with E-state index in [9.17, 15) is 0 Å². The van der Waals surface area contributed by atoms with Gasteiger partial charge in [-0.1, -0.05) is 172 Å². The largest absolute Gasteiger partial charge is 1.00 e. The van der Waals surface area contributed by atoms with Gasteiger partial charge in [0.1, 0.15) is 0 Å². The van der Waals surface area contributed by atoms with Crippen LogP contribution in [0.3, 0.4) is 0 Å². The fourth-order valence-electron chi connectivity index (χ4n) is 3.71. The van der Waals surface area contributed by atoms with E-state index in [4.69, 9.17) is 11.5 Å². The molecular formula is C41H58N3+. The second-order valence-electron chi connectivity index (χ2n) is 8.00. The molecule has 44 heavy (non-hydrogen) atoms. The maximum Gasteiger partial charge on any atom is 1.00 e. The van der Waals surface area contributed by atoms with Crippen molar-refractivity contribution < 1.29 is 1.43 Å². The summed E-state index contributed by atoms with van der Waals surface area (Å²) in [6.45, 7) is 16.0. The molecule has 3 heteroatoms. The van der Waals surface area contributed by atoms with E-state index in [0.717, 1.165) is 28.1 Å². The zero-order valence-corrected chi connectivity index (χ0v) is 27.5. The van der Waals surface area contributed by atoms with Crippen molar-refractivity contribution in [3.63, 3.8) is 0 Å². The maximum atomic E-state index is 5.76. The Labute approximate surface area is 270 Å². The molecule has 6 aromatic rings. The van der Waals surface area contributed by atoms with E-state index in [1.54, 1.807) is 0 Å². The van der Waals surface area contributed by atoms with Crippen molar-refractivity contribution in [1.29, 1.82) is 0 Å². The summed E-state index contributed by atoms with van der Waals surface area (Å²) in [6, 6.07) is 48.5. The summed E-state index contributed by atoms with van der Waals surface area (Å²) in [5.74, 6) is 0. The van der Waals surface area contributed by atoms with Gasteiger partial charge in [0, 0.05) is 33.5 Å². The Bertz CT molecular complexity index is 1480. The highest BCUT2D eigenvalue weighted by Crippen LogP contribution is 2.26. The molecule has 5 N–H and O–H groups in total. The number of rotatable bonds is 2. The van der Waals surface area contributed by atoms with Crippen LogP contribution < -0.4 is 16.8 Å². The third-order valence-electron chi connectivity index (χ3n) is 5.47. The summed E-state index contributed by atoms with van der Waals surface area (Å²) in [4.78, 5) is 0. The number of hydrogen-bond acceptors (Lipinski definition) is 3. The minimum Gasteiger partial charge on any atom is -0.399 e. The van der Waals surface area contributed by atoms with Crippen LogP contribution in [0.5, 0.6) is 0 Å². The summed E-state index contributed by atoms with van der Waals surface area (Å²) in [5.41, 5.74) is 15.0. The minimum absolute atomic E-state index is 0. The first-order chi connectivity index (χ1) is 21.2. The maximum absolute atomic E-state index is 5.76. The zero-order chi connectivity index (χ0) is 32.3. The molecule has 6 rings (SSSR count). The molecule has 0 atom stereocenters. The Kier molecular flexibility index (Phi) is 25.5. The van der Waals surface area contributed by atoms with E-state index in [-0.39, 0.29) is 8.85 Å². The molecule has 6 aromatic carbocycles. The fraction of sp³-hybridized carbons (Fsp3) is 0.220. The number of hydrogen-bond donors (Lipinski definition) is 3. The summed E-state index contributed by atoms with van der Waals surface area (Å²) < 4.78 is 0. The van der Waals surface area contributed by atoms with Gasteiger partial charge in [0.05, 0.1) is 0 Å². The van der Waals surface area contributed by atoms with Gasteiger partial charge >= 0.3 is 1.43 Å². The summed E-state index contributed by atoms with van der Waals surface area (Å²) in [7, 11) is 0. The smallest absolute Gasteiger partial charge is 0.399 e. The van der Waals surface area contributed by atoms with Crippen molar-refractivity contribution in [2.75, 3.05) is 16.8 Å². The van der Waals surface area contributed by atoms with Gasteiger partial charge in [0.15, 0.2) is 0 Å². The predicted octanol–water partition coefficient (Wildman–Crippen LogP) is 13.1. The second kappa shape index (κ2) is 27.1. The average Bonchev–Trinajstić information content (AvgIpc) is 3.10. The molecule has 0 spiro atoms. The van der Waals surface area contributed by atoms with Crippen LogP contribution in [-0.2, 0) is 0 Å². The topological polar surface area (TPSA) is 64.1 Å². The lowest BCUT2D eigenvalue weighted by atomic mass is 10.1. The predicted molar refractivity (Wildman–Crippen MR) is 206 cm³/mol. The van der Waals surface area contributed by atoms with Crippen LogP contribution in [-0.4, -0.2) is 0 Å². The van der Waals surface area contributed by atoms with Crippen molar-refractivity contribution in [1.82, 2.24) is 0 Å². The van der Waals surface area contributed by atoms with Gasteiger partial charge < -0.3 is 16.8 Å². The zero-order valence-electron chi connectivity index (χ0n) is 28.5. The molecule has 0 bridgehead atoms. The highest BCUT2D eigenvalue weighted by Gasteiger charge is 1.99. The average molecular weight is 593 g/mol. The SMILES string of the molecule is C.CC.CC.CC.CC.Nc1cccc2ccccc12.Nc1ccccc1.[H+].c1ccc(Nc2cccc3ccccc23)cc1. The molecule has 0 saturated carbocycles. The number of benzene rings is 6. The van der Waals surface area contributed by atoms with Crippen LogP contribution in [0.25, 0.3) is 21.5 Å². The van der Waals surface area contributed by atoms with Crippen molar-refractivity contribution >= 4 is 44.3 Å². The number of nitrogens with two attached hydrogens (primary N) is 2. The summed E-state index contributed by atoms with van der Waals surface area (Å²) in [5, 5.41) is 8.29. The van der Waals surface area contributed by atoms with Gasteiger partial charge in [-0.15, -0.1) is 0 Å². The Morgan fingerprint density at radius 3 is 1.27 bits per heavy atom. The van der Waals surface area contributed by atoms with Crippen LogP contribution in [0.2, 0.25) is 0 Å². The Morgan fingerprint density at radius 2 is 0.795 bits per heavy atom. The lowest BCUT2D eigenvalue weighted by Crippen LogP contribution is -1.90. The summed E-state index contributed by atoms with van der Waals surface area (Å²) >= 11 is 0. The Morgan fingerprint density at radius 1 is 0.409 bits per heavy atom. The first-order valence-corrected chi connectivity index (χ1v) is 15.5. The molecular weight excluding hydrogens is 534 g/mol. The second-order valence-corrected chi connectivity index (χ2v) is 8.00. The molecule has 0 aromatic heterocycles. The van der Waals surface area contributed by atoms with Crippen molar-refractivity contribution in [2.45, 2.75) is 62.8 Å². The number of fused-ring (bicyclic) bond motifs is 2. The lowest BCUT2D eigenvalue weighted by molar-refractivity contribution is 1.50. The highest BCUT2D eigenvalue weighted by molar-refractivity contribution is 5.95. The molecule has 0 aliphatic heterocycles. The molecule has 0 unspecified atom stereocenters. The van der Waals surface area contributed by atoms with E-state index in [1.165, 1.54) is 16.2 Å². The molecule has 0 amide bonds. The minimum atomic E-state index is 0. The van der Waals surface area contributed by atoms with Gasteiger partial charge in [0.25, 0.3) is 0 Å². The quantitative estimate of drug-likeness (QED) is 0.175. The third-order valence-corrected chi connectivity index (χ3v) is 5.47. The number of nitrogens with one attached hydrogen (secondary N) is 1. The van der Waals surface area contributed by atoms with E-state index < -0.39 is 0 Å². The van der Waals surface area contributed by atoms with Gasteiger partial charge in [-0.05, 0) is 47.2 Å². The number of anilines is 4. The Balaban J connectivity index is -0.000000550. The Hall–Kier alpha value is -4.76. The van der Waals surface area contributed by atoms with E-state index in [1.807, 2.05) is 134 Å². The lowest BCUT2D eigenvalue weighted by Gasteiger charge is -2.09. The highest BCUT2D eigenvalue weighted by atomic mass is 14.9. The third kappa shape index (κ3) is 14.9. The van der Waals surface area contributed by atoms with Gasteiger partial charge in [-0.25, -0.2) is 0 Å². The first-order valence-electron chi connectivity index (χ1n) is 15.5. The molecule has 236 valence electrons. The summed E-state index contributed by atoms with van der Waals surface area (Å²) in [6.07, 6.45) is 0. The van der Waals surface area contributed by atoms with Gasteiger partial charge in [-0.3, -0.25) is 0 Å². The van der Waals surface area contributed by atoms with E-state index >= 15 is 0 Å². The fourth-order valence-corrected chi connectivity index (χ4v) is 3.71. The van der Waals surface area contributed by atoms with Crippen LogP contribution in [0.4, 0.5) is 22.7 Å². The first kappa shape index (κ1) is 41.4. The molecule has 0 radical (unpaired) electrons. The van der Waals surface area contributed by atoms with Crippen LogP contribution in [0, 0.1) is 0 Å². The molecule has 0 heterocycles. The van der Waals surface area contributed by atoms with E-state index in [0.29, 0.717) is 0 Å². The van der Waals surface area contributed by atoms with Crippen LogP contribution in [0.1, 0.15) is 64.2 Å². The molecule has 0 saturated heterocycles. The number of para-hydroxylation sites is 2. The van der Waals surface area contributed by atoms with Crippen LogP contribution >= 0.6 is 0 Å².